The van der Waals surface area contributed by atoms with Crippen LogP contribution in [0, 0.1) is 13.8 Å². The second-order valence-electron chi connectivity index (χ2n) is 5.74. The van der Waals surface area contributed by atoms with Gasteiger partial charge >= 0.3 is 6.61 Å². The van der Waals surface area contributed by atoms with Gasteiger partial charge in [-0.3, -0.25) is 0 Å². The van der Waals surface area contributed by atoms with E-state index in [4.69, 9.17) is 14.0 Å². The quantitative estimate of drug-likeness (QED) is 0.603. The van der Waals surface area contributed by atoms with Gasteiger partial charge in [0.15, 0.2) is 18.1 Å². The summed E-state index contributed by atoms with van der Waals surface area (Å²) in [5.74, 6) is 1.39. The molecule has 142 valence electrons. The molecule has 0 N–H and O–H groups in total. The molecule has 0 saturated carbocycles. The Morgan fingerprint density at radius 2 is 1.89 bits per heavy atom. The first-order valence-corrected chi connectivity index (χ1v) is 8.12. The zero-order chi connectivity index (χ0) is 19.4. The number of rotatable bonds is 7. The average molecular weight is 376 g/mol. The van der Waals surface area contributed by atoms with Crippen LogP contribution in [0.15, 0.2) is 40.9 Å². The Morgan fingerprint density at radius 3 is 2.63 bits per heavy atom. The van der Waals surface area contributed by atoms with Gasteiger partial charge in [-0.05, 0) is 49.2 Å². The van der Waals surface area contributed by atoms with E-state index in [0.29, 0.717) is 5.56 Å². The Hall–Kier alpha value is -3.16. The molecule has 0 fully saturated rings. The summed E-state index contributed by atoms with van der Waals surface area (Å²) in [7, 11) is 1.36. The Bertz CT molecular complexity index is 928. The van der Waals surface area contributed by atoms with Crippen molar-refractivity contribution < 1.29 is 27.5 Å². The van der Waals surface area contributed by atoms with Crippen LogP contribution in [0.2, 0.25) is 0 Å². The topological polar surface area (TPSA) is 66.6 Å². The number of benzene rings is 2. The molecule has 3 aromatic rings. The molecule has 0 saturated heterocycles. The minimum Gasteiger partial charge on any atom is -0.493 e. The lowest BCUT2D eigenvalue weighted by atomic mass is 10.1. The molecule has 8 heteroatoms. The number of ether oxygens (including phenoxy) is 3. The third-order valence-electron chi connectivity index (χ3n) is 4.01. The van der Waals surface area contributed by atoms with E-state index in [1.807, 2.05) is 32.0 Å². The van der Waals surface area contributed by atoms with Crippen LogP contribution in [0.3, 0.4) is 0 Å². The number of halogens is 2. The predicted octanol–water partition coefficient (Wildman–Crippen LogP) is 4.54. The van der Waals surface area contributed by atoms with Crippen LogP contribution in [0.5, 0.6) is 17.2 Å². The molecular formula is C19H18F2N2O4. The van der Waals surface area contributed by atoms with Gasteiger partial charge in [0.05, 0.1) is 7.11 Å². The van der Waals surface area contributed by atoms with Crippen molar-refractivity contribution >= 4 is 0 Å². The van der Waals surface area contributed by atoms with Crippen molar-refractivity contribution in [2.24, 2.45) is 0 Å². The molecule has 0 amide bonds. The lowest BCUT2D eigenvalue weighted by Gasteiger charge is -2.10. The van der Waals surface area contributed by atoms with E-state index in [9.17, 15) is 8.78 Å². The summed E-state index contributed by atoms with van der Waals surface area (Å²) < 4.78 is 45.2. The van der Waals surface area contributed by atoms with Crippen LogP contribution in [0.4, 0.5) is 8.78 Å². The first-order valence-electron chi connectivity index (χ1n) is 8.12. The van der Waals surface area contributed by atoms with Crippen LogP contribution < -0.4 is 14.2 Å². The molecule has 0 radical (unpaired) electrons. The van der Waals surface area contributed by atoms with E-state index in [1.165, 1.54) is 19.2 Å². The van der Waals surface area contributed by atoms with E-state index in [0.717, 1.165) is 16.9 Å². The molecule has 0 unspecified atom stereocenters. The van der Waals surface area contributed by atoms with E-state index in [2.05, 4.69) is 14.9 Å². The van der Waals surface area contributed by atoms with E-state index >= 15 is 0 Å². The molecule has 1 heterocycles. The van der Waals surface area contributed by atoms with E-state index in [-0.39, 0.29) is 29.8 Å². The van der Waals surface area contributed by atoms with Gasteiger partial charge in [-0.15, -0.1) is 0 Å². The van der Waals surface area contributed by atoms with Crippen LogP contribution >= 0.6 is 0 Å². The molecule has 1 aromatic heterocycles. The zero-order valence-corrected chi connectivity index (χ0v) is 15.0. The van der Waals surface area contributed by atoms with Gasteiger partial charge in [0.1, 0.15) is 5.75 Å². The predicted molar refractivity (Wildman–Crippen MR) is 93.2 cm³/mol. The van der Waals surface area contributed by atoms with Crippen molar-refractivity contribution in [3.05, 3.63) is 53.4 Å². The van der Waals surface area contributed by atoms with Crippen molar-refractivity contribution in [2.75, 3.05) is 7.11 Å². The Morgan fingerprint density at radius 1 is 1.07 bits per heavy atom. The molecule has 2 aromatic carbocycles. The number of aromatic nitrogens is 2. The zero-order valence-electron chi connectivity index (χ0n) is 15.0. The highest BCUT2D eigenvalue weighted by Crippen LogP contribution is 2.32. The number of methoxy groups -OCH3 is 1. The fraction of sp³-hybridized carbons (Fsp3) is 0.263. The van der Waals surface area contributed by atoms with E-state index in [1.54, 1.807) is 6.07 Å². The molecule has 27 heavy (non-hydrogen) atoms. The molecule has 6 nitrogen and oxygen atoms in total. The molecule has 0 spiro atoms. The van der Waals surface area contributed by atoms with E-state index < -0.39 is 6.61 Å². The van der Waals surface area contributed by atoms with Crippen LogP contribution in [0.25, 0.3) is 11.4 Å². The van der Waals surface area contributed by atoms with Gasteiger partial charge in [0.25, 0.3) is 5.89 Å². The molecule has 0 aliphatic carbocycles. The van der Waals surface area contributed by atoms with Crippen LogP contribution in [-0.2, 0) is 6.61 Å². The summed E-state index contributed by atoms with van der Waals surface area (Å²) in [6.45, 7) is 1.14. The highest BCUT2D eigenvalue weighted by Gasteiger charge is 2.15. The molecule has 0 aliphatic heterocycles. The van der Waals surface area contributed by atoms with Gasteiger partial charge in [-0.25, -0.2) is 0 Å². The summed E-state index contributed by atoms with van der Waals surface area (Å²) in [6, 6.07) is 10.2. The molecular weight excluding hydrogens is 358 g/mol. The van der Waals surface area contributed by atoms with Gasteiger partial charge in [-0.2, -0.15) is 13.8 Å². The Kier molecular flexibility index (Phi) is 5.54. The Labute approximate surface area is 154 Å². The number of aryl methyl sites for hydroxylation is 1. The maximum atomic E-state index is 12.4. The average Bonchev–Trinajstić information content (AvgIpc) is 3.12. The molecule has 0 aliphatic rings. The highest BCUT2D eigenvalue weighted by atomic mass is 19.3. The minimum atomic E-state index is -2.94. The maximum absolute atomic E-state index is 12.4. The van der Waals surface area contributed by atoms with Gasteiger partial charge in [-0.1, -0.05) is 17.3 Å². The third kappa shape index (κ3) is 4.33. The minimum absolute atomic E-state index is 0.0711. The van der Waals surface area contributed by atoms with Crippen molar-refractivity contribution in [3.8, 4) is 28.6 Å². The number of nitrogens with zero attached hydrogens (tertiary/aromatic N) is 2. The van der Waals surface area contributed by atoms with Gasteiger partial charge in [0, 0.05) is 5.56 Å². The molecule has 3 rings (SSSR count). The SMILES string of the molecule is COc1cc(-c2noc(COc3cccc(C)c3C)n2)ccc1OC(F)F. The number of hydrogen-bond acceptors (Lipinski definition) is 6. The van der Waals surface area contributed by atoms with Crippen LogP contribution in [0.1, 0.15) is 17.0 Å². The summed E-state index contributed by atoms with van der Waals surface area (Å²) in [5, 5.41) is 3.89. The van der Waals surface area contributed by atoms with Crippen molar-refractivity contribution in [2.45, 2.75) is 27.1 Å². The second-order valence-corrected chi connectivity index (χ2v) is 5.74. The normalized spacial score (nSPS) is 10.9. The van der Waals surface area contributed by atoms with Crippen LogP contribution in [-0.4, -0.2) is 23.9 Å². The highest BCUT2D eigenvalue weighted by molar-refractivity contribution is 5.60. The van der Waals surface area contributed by atoms with Crippen molar-refractivity contribution in [3.63, 3.8) is 0 Å². The smallest absolute Gasteiger partial charge is 0.387 e. The molecule has 0 bridgehead atoms. The van der Waals surface area contributed by atoms with Gasteiger partial charge < -0.3 is 18.7 Å². The summed E-state index contributed by atoms with van der Waals surface area (Å²) in [6.07, 6.45) is 0. The summed E-state index contributed by atoms with van der Waals surface area (Å²) in [4.78, 5) is 4.27. The largest absolute Gasteiger partial charge is 0.493 e. The maximum Gasteiger partial charge on any atom is 0.387 e. The fourth-order valence-corrected chi connectivity index (χ4v) is 2.45. The lowest BCUT2D eigenvalue weighted by Crippen LogP contribution is -2.03. The Balaban J connectivity index is 1.74. The summed E-state index contributed by atoms with van der Waals surface area (Å²) in [5.41, 5.74) is 2.70. The van der Waals surface area contributed by atoms with Gasteiger partial charge in [0.2, 0.25) is 5.82 Å². The fourth-order valence-electron chi connectivity index (χ4n) is 2.45. The standard InChI is InChI=1S/C19H18F2N2O4/c1-11-5-4-6-14(12(11)2)25-10-17-22-18(23-27-17)13-7-8-15(26-19(20)21)16(9-13)24-3/h4-9,19H,10H2,1-3H3. The number of hydrogen-bond donors (Lipinski definition) is 0. The van der Waals surface area contributed by atoms with Crippen molar-refractivity contribution in [1.29, 1.82) is 0 Å². The monoisotopic (exact) mass is 376 g/mol. The number of alkyl halides is 2. The first-order chi connectivity index (χ1) is 13.0. The van der Waals surface area contributed by atoms with Crippen molar-refractivity contribution in [1.82, 2.24) is 10.1 Å². The first kappa shape index (κ1) is 18.6. The summed E-state index contributed by atoms with van der Waals surface area (Å²) >= 11 is 0. The second kappa shape index (κ2) is 8.03. The lowest BCUT2D eigenvalue weighted by molar-refractivity contribution is -0.0512. The molecule has 0 atom stereocenters. The third-order valence-corrected chi connectivity index (χ3v) is 4.01.